The van der Waals surface area contributed by atoms with Gasteiger partial charge in [0, 0.05) is 28.4 Å². The predicted octanol–water partition coefficient (Wildman–Crippen LogP) is 5.19. The predicted molar refractivity (Wildman–Crippen MR) is 127 cm³/mol. The summed E-state index contributed by atoms with van der Waals surface area (Å²) in [6.07, 6.45) is 3.26. The van der Waals surface area contributed by atoms with E-state index in [1.807, 2.05) is 61.5 Å². The van der Waals surface area contributed by atoms with Crippen LogP contribution in [-0.4, -0.2) is 23.9 Å². The number of anilines is 2. The molecule has 0 aromatic heterocycles. The monoisotopic (exact) mass is 446 g/mol. The van der Waals surface area contributed by atoms with Crippen molar-refractivity contribution in [2.24, 2.45) is 0 Å². The molecular weight excluding hydrogens is 424 g/mol. The first kappa shape index (κ1) is 21.5. The van der Waals surface area contributed by atoms with Gasteiger partial charge >= 0.3 is 0 Å². The Morgan fingerprint density at radius 2 is 1.62 bits per heavy atom. The van der Waals surface area contributed by atoms with E-state index in [4.69, 9.17) is 9.47 Å². The third-order valence-corrected chi connectivity index (χ3v) is 5.78. The van der Waals surface area contributed by atoms with E-state index < -0.39 is 0 Å². The Morgan fingerprint density at radius 1 is 0.906 bits per heavy atom. The fraction of sp³-hybridized carbons (Fsp3) is 0.120. The van der Waals surface area contributed by atoms with Crippen LogP contribution in [0, 0.1) is 0 Å². The van der Waals surface area contributed by atoms with Crippen LogP contribution in [0.3, 0.4) is 0 Å². The van der Waals surface area contributed by atoms with Crippen LogP contribution in [0.5, 0.6) is 11.5 Å². The summed E-state index contributed by atoms with van der Waals surface area (Å²) in [4.78, 5) is 25.6. The number of carbonyl (C=O) groups excluding carboxylic acids is 2. The molecule has 7 heteroatoms. The molecule has 0 aliphatic carbocycles. The third-order valence-electron chi connectivity index (χ3n) is 4.67. The maximum absolute atomic E-state index is 12.5. The minimum Gasteiger partial charge on any atom is -0.454 e. The van der Waals surface area contributed by atoms with Crippen molar-refractivity contribution in [1.82, 2.24) is 0 Å². The first-order valence-electron chi connectivity index (χ1n) is 10.1. The lowest BCUT2D eigenvalue weighted by atomic mass is 10.2. The number of benzene rings is 3. The molecule has 1 atom stereocenters. The topological polar surface area (TPSA) is 76.7 Å². The second-order valence-corrected chi connectivity index (χ2v) is 8.49. The quantitative estimate of drug-likeness (QED) is 0.386. The second kappa shape index (κ2) is 10.1. The number of rotatable bonds is 7. The molecule has 4 rings (SSSR count). The van der Waals surface area contributed by atoms with Crippen molar-refractivity contribution >= 4 is 41.0 Å². The normalized spacial score (nSPS) is 13.0. The molecular formula is C25H22N2O4S. The largest absolute Gasteiger partial charge is 0.454 e. The Kier molecular flexibility index (Phi) is 6.77. The molecule has 162 valence electrons. The van der Waals surface area contributed by atoms with E-state index in [1.165, 1.54) is 17.8 Å². The summed E-state index contributed by atoms with van der Waals surface area (Å²) in [6.45, 7) is 2.04. The van der Waals surface area contributed by atoms with Gasteiger partial charge in [0.1, 0.15) is 0 Å². The SMILES string of the molecule is CC(Sc1ccc(NC(=O)/C=C/c2ccccc2)cc1)C(=O)Nc1ccc2c(c1)OCO2. The average Bonchev–Trinajstić information content (AvgIpc) is 3.27. The van der Waals surface area contributed by atoms with Gasteiger partial charge < -0.3 is 20.1 Å². The van der Waals surface area contributed by atoms with Gasteiger partial charge in [-0.2, -0.15) is 0 Å². The Labute approximate surface area is 190 Å². The minimum atomic E-state index is -0.310. The molecule has 0 spiro atoms. The van der Waals surface area contributed by atoms with Crippen molar-refractivity contribution in [3.8, 4) is 11.5 Å². The maximum Gasteiger partial charge on any atom is 0.248 e. The van der Waals surface area contributed by atoms with Crippen LogP contribution in [0.25, 0.3) is 6.08 Å². The van der Waals surface area contributed by atoms with Crippen LogP contribution < -0.4 is 20.1 Å². The van der Waals surface area contributed by atoms with Crippen LogP contribution in [0.1, 0.15) is 12.5 Å². The average molecular weight is 447 g/mol. The van der Waals surface area contributed by atoms with Gasteiger partial charge in [-0.25, -0.2) is 0 Å². The molecule has 2 N–H and O–H groups in total. The van der Waals surface area contributed by atoms with Crippen LogP contribution in [0.4, 0.5) is 11.4 Å². The van der Waals surface area contributed by atoms with Gasteiger partial charge in [0.05, 0.1) is 5.25 Å². The van der Waals surface area contributed by atoms with E-state index in [0.29, 0.717) is 22.9 Å². The lowest BCUT2D eigenvalue weighted by Crippen LogP contribution is -2.22. The molecule has 0 fully saturated rings. The highest BCUT2D eigenvalue weighted by atomic mass is 32.2. The van der Waals surface area contributed by atoms with Gasteiger partial charge in [-0.15, -0.1) is 11.8 Å². The van der Waals surface area contributed by atoms with Crippen molar-refractivity contribution in [2.45, 2.75) is 17.1 Å². The molecule has 0 bridgehead atoms. The van der Waals surface area contributed by atoms with Gasteiger partial charge in [-0.05, 0) is 55.0 Å². The van der Waals surface area contributed by atoms with Crippen molar-refractivity contribution in [2.75, 3.05) is 17.4 Å². The Balaban J connectivity index is 1.28. The van der Waals surface area contributed by atoms with E-state index in [-0.39, 0.29) is 23.9 Å². The number of thioether (sulfide) groups is 1. The number of hydrogen-bond donors (Lipinski definition) is 2. The Bertz CT molecular complexity index is 1130. The molecule has 6 nitrogen and oxygen atoms in total. The molecule has 1 heterocycles. The van der Waals surface area contributed by atoms with E-state index >= 15 is 0 Å². The summed E-state index contributed by atoms with van der Waals surface area (Å²) in [5.74, 6) is 0.982. The zero-order valence-electron chi connectivity index (χ0n) is 17.4. The summed E-state index contributed by atoms with van der Waals surface area (Å²) >= 11 is 1.44. The number of fused-ring (bicyclic) bond motifs is 1. The standard InChI is InChI=1S/C25H22N2O4S/c1-17(25(29)27-20-10-13-22-23(15-20)31-16-30-22)32-21-11-8-19(9-12-21)26-24(28)14-7-18-5-3-2-4-6-18/h2-15,17H,16H2,1H3,(H,26,28)(H,27,29)/b14-7+. The van der Waals surface area contributed by atoms with E-state index in [0.717, 1.165) is 10.5 Å². The first-order valence-corrected chi connectivity index (χ1v) is 11.0. The number of nitrogens with one attached hydrogen (secondary N) is 2. The van der Waals surface area contributed by atoms with Crippen LogP contribution >= 0.6 is 11.8 Å². The minimum absolute atomic E-state index is 0.114. The molecule has 0 saturated carbocycles. The molecule has 2 amide bonds. The lowest BCUT2D eigenvalue weighted by Gasteiger charge is -2.13. The van der Waals surface area contributed by atoms with Gasteiger partial charge in [0.15, 0.2) is 11.5 Å². The fourth-order valence-electron chi connectivity index (χ4n) is 3.01. The summed E-state index contributed by atoms with van der Waals surface area (Å²) in [7, 11) is 0. The van der Waals surface area contributed by atoms with Crippen molar-refractivity contribution in [1.29, 1.82) is 0 Å². The van der Waals surface area contributed by atoms with Crippen molar-refractivity contribution < 1.29 is 19.1 Å². The Hall–Kier alpha value is -3.71. The summed E-state index contributed by atoms with van der Waals surface area (Å²) < 4.78 is 10.6. The number of ether oxygens (including phenoxy) is 2. The molecule has 1 aliphatic rings. The number of amides is 2. The summed E-state index contributed by atoms with van der Waals surface area (Å²) in [6, 6.07) is 22.3. The molecule has 1 unspecified atom stereocenters. The highest BCUT2D eigenvalue weighted by Gasteiger charge is 2.17. The summed E-state index contributed by atoms with van der Waals surface area (Å²) in [5.41, 5.74) is 2.31. The van der Waals surface area contributed by atoms with Gasteiger partial charge in [-0.3, -0.25) is 9.59 Å². The third kappa shape index (κ3) is 5.70. The van der Waals surface area contributed by atoms with Crippen LogP contribution in [-0.2, 0) is 9.59 Å². The highest BCUT2D eigenvalue weighted by molar-refractivity contribution is 8.00. The fourth-order valence-corrected chi connectivity index (χ4v) is 3.88. The second-order valence-electron chi connectivity index (χ2n) is 7.08. The number of carbonyl (C=O) groups is 2. The van der Waals surface area contributed by atoms with Crippen molar-refractivity contribution in [3.63, 3.8) is 0 Å². The smallest absolute Gasteiger partial charge is 0.248 e. The van der Waals surface area contributed by atoms with E-state index in [9.17, 15) is 9.59 Å². The molecule has 1 aliphatic heterocycles. The lowest BCUT2D eigenvalue weighted by molar-refractivity contribution is -0.115. The van der Waals surface area contributed by atoms with Gasteiger partial charge in [0.2, 0.25) is 18.6 Å². The van der Waals surface area contributed by atoms with Gasteiger partial charge in [-0.1, -0.05) is 30.3 Å². The molecule has 3 aromatic carbocycles. The molecule has 32 heavy (non-hydrogen) atoms. The van der Waals surface area contributed by atoms with E-state index in [1.54, 1.807) is 24.3 Å². The van der Waals surface area contributed by atoms with Crippen LogP contribution in [0.15, 0.2) is 83.8 Å². The van der Waals surface area contributed by atoms with E-state index in [2.05, 4.69) is 10.6 Å². The first-order chi connectivity index (χ1) is 15.6. The zero-order valence-corrected chi connectivity index (χ0v) is 18.2. The molecule has 0 saturated heterocycles. The number of hydrogen-bond acceptors (Lipinski definition) is 5. The zero-order chi connectivity index (χ0) is 22.3. The highest BCUT2D eigenvalue weighted by Crippen LogP contribution is 2.34. The molecule has 3 aromatic rings. The molecule has 0 radical (unpaired) electrons. The van der Waals surface area contributed by atoms with Crippen molar-refractivity contribution in [3.05, 3.63) is 84.4 Å². The summed E-state index contributed by atoms with van der Waals surface area (Å²) in [5, 5.41) is 5.42. The van der Waals surface area contributed by atoms with Gasteiger partial charge in [0.25, 0.3) is 0 Å². The van der Waals surface area contributed by atoms with Crippen LogP contribution in [0.2, 0.25) is 0 Å². The maximum atomic E-state index is 12.5. The Morgan fingerprint density at radius 3 is 2.41 bits per heavy atom.